The highest BCUT2D eigenvalue weighted by Gasteiger charge is 2.24. The van der Waals surface area contributed by atoms with Crippen LogP contribution in [0.15, 0.2) is 11.4 Å². The monoisotopic (exact) mass is 349 g/mol. The molecular formula is C16H23N5O2S. The predicted octanol–water partition coefficient (Wildman–Crippen LogP) is 2.65. The summed E-state index contributed by atoms with van der Waals surface area (Å²) in [5.41, 5.74) is 0. The highest BCUT2D eigenvalue weighted by Crippen LogP contribution is 2.27. The topological polar surface area (TPSA) is 70.6 Å². The maximum Gasteiger partial charge on any atom is 0.409 e. The molecule has 1 fully saturated rings. The number of anilines is 2. The fraction of sp³-hybridized carbons (Fsp3) is 0.562. The SMILES string of the molecule is CNc1nc(N2CCN(C(=O)OCC(C)C)CC2)nc2sccc12. The van der Waals surface area contributed by atoms with Crippen molar-refractivity contribution in [2.24, 2.45) is 5.92 Å². The van der Waals surface area contributed by atoms with Crippen LogP contribution < -0.4 is 10.2 Å². The standard InChI is InChI=1S/C16H23N5O2S/c1-11(2)10-23-16(22)21-7-5-20(6-8-21)15-18-13(17-3)12-4-9-24-14(12)19-15/h4,9,11H,5-8,10H2,1-3H3,(H,17,18,19). The third-order valence-electron chi connectivity index (χ3n) is 3.91. The number of amides is 1. The van der Waals surface area contributed by atoms with Crippen molar-refractivity contribution >= 4 is 39.4 Å². The second kappa shape index (κ2) is 7.21. The number of rotatable bonds is 4. The molecule has 1 aliphatic rings. The average molecular weight is 349 g/mol. The molecule has 2 aromatic rings. The van der Waals surface area contributed by atoms with Crippen LogP contribution in [0.1, 0.15) is 13.8 Å². The summed E-state index contributed by atoms with van der Waals surface area (Å²) in [5, 5.41) is 6.20. The Bertz CT molecular complexity index is 710. The lowest BCUT2D eigenvalue weighted by Crippen LogP contribution is -2.49. The molecule has 0 radical (unpaired) electrons. The zero-order chi connectivity index (χ0) is 17.1. The first kappa shape index (κ1) is 16.8. The minimum atomic E-state index is -0.228. The van der Waals surface area contributed by atoms with Crippen molar-refractivity contribution in [1.82, 2.24) is 14.9 Å². The molecule has 0 aromatic carbocycles. The number of carbonyl (C=O) groups is 1. The van der Waals surface area contributed by atoms with Gasteiger partial charge in [0.1, 0.15) is 10.6 Å². The van der Waals surface area contributed by atoms with Crippen LogP contribution in [0.5, 0.6) is 0 Å². The number of carbonyl (C=O) groups excluding carboxylic acids is 1. The van der Waals surface area contributed by atoms with Gasteiger partial charge in [-0.25, -0.2) is 9.78 Å². The third-order valence-corrected chi connectivity index (χ3v) is 4.72. The maximum atomic E-state index is 12.0. The van der Waals surface area contributed by atoms with Gasteiger partial charge in [0.25, 0.3) is 0 Å². The molecule has 0 aliphatic carbocycles. The van der Waals surface area contributed by atoms with E-state index in [4.69, 9.17) is 4.74 Å². The molecular weight excluding hydrogens is 326 g/mol. The number of hydrogen-bond donors (Lipinski definition) is 1. The first-order valence-corrected chi connectivity index (χ1v) is 9.06. The van der Waals surface area contributed by atoms with Crippen LogP contribution in [0.25, 0.3) is 10.2 Å². The summed E-state index contributed by atoms with van der Waals surface area (Å²) in [6.07, 6.45) is -0.228. The molecule has 24 heavy (non-hydrogen) atoms. The maximum absolute atomic E-state index is 12.0. The number of hydrogen-bond acceptors (Lipinski definition) is 7. The van der Waals surface area contributed by atoms with Crippen molar-refractivity contribution in [2.75, 3.05) is 50.1 Å². The van der Waals surface area contributed by atoms with E-state index < -0.39 is 0 Å². The molecule has 130 valence electrons. The smallest absolute Gasteiger partial charge is 0.409 e. The van der Waals surface area contributed by atoms with Crippen LogP contribution in [0, 0.1) is 5.92 Å². The molecule has 0 spiro atoms. The summed E-state index contributed by atoms with van der Waals surface area (Å²) in [6.45, 7) is 7.18. The van der Waals surface area contributed by atoms with E-state index in [0.717, 1.165) is 16.0 Å². The summed E-state index contributed by atoms with van der Waals surface area (Å²) in [4.78, 5) is 26.2. The number of nitrogens with zero attached hydrogens (tertiary/aromatic N) is 4. The lowest BCUT2D eigenvalue weighted by molar-refractivity contribution is 0.0900. The van der Waals surface area contributed by atoms with Gasteiger partial charge in [0.2, 0.25) is 5.95 Å². The summed E-state index contributed by atoms with van der Waals surface area (Å²) in [7, 11) is 1.87. The average Bonchev–Trinajstić information content (AvgIpc) is 3.07. The molecule has 0 saturated carbocycles. The molecule has 1 amide bonds. The van der Waals surface area contributed by atoms with Gasteiger partial charge in [0.05, 0.1) is 12.0 Å². The molecule has 0 unspecified atom stereocenters. The van der Waals surface area contributed by atoms with Gasteiger partial charge >= 0.3 is 6.09 Å². The lowest BCUT2D eigenvalue weighted by atomic mass is 10.2. The van der Waals surface area contributed by atoms with E-state index in [1.165, 1.54) is 0 Å². The Labute approximate surface area is 145 Å². The largest absolute Gasteiger partial charge is 0.449 e. The molecule has 3 heterocycles. The first-order valence-electron chi connectivity index (χ1n) is 8.18. The van der Waals surface area contributed by atoms with Gasteiger partial charge in [-0.2, -0.15) is 4.98 Å². The van der Waals surface area contributed by atoms with Crippen molar-refractivity contribution in [3.05, 3.63) is 11.4 Å². The number of ether oxygens (including phenoxy) is 1. The van der Waals surface area contributed by atoms with Crippen molar-refractivity contribution < 1.29 is 9.53 Å². The summed E-state index contributed by atoms with van der Waals surface area (Å²) >= 11 is 1.61. The van der Waals surface area contributed by atoms with Crippen molar-refractivity contribution in [3.63, 3.8) is 0 Å². The van der Waals surface area contributed by atoms with E-state index in [9.17, 15) is 4.79 Å². The van der Waals surface area contributed by atoms with Crippen LogP contribution in [0.3, 0.4) is 0 Å². The van der Waals surface area contributed by atoms with Crippen molar-refractivity contribution in [3.8, 4) is 0 Å². The van der Waals surface area contributed by atoms with Gasteiger partial charge in [-0.15, -0.1) is 11.3 Å². The molecule has 7 nitrogen and oxygen atoms in total. The van der Waals surface area contributed by atoms with Gasteiger partial charge in [-0.05, 0) is 17.4 Å². The van der Waals surface area contributed by atoms with Gasteiger partial charge in [-0.1, -0.05) is 13.8 Å². The second-order valence-corrected chi connectivity index (χ2v) is 7.10. The van der Waals surface area contributed by atoms with Gasteiger partial charge in [0.15, 0.2) is 0 Å². The number of aromatic nitrogens is 2. The van der Waals surface area contributed by atoms with Crippen LogP contribution in [-0.4, -0.2) is 60.8 Å². The molecule has 2 aromatic heterocycles. The van der Waals surface area contributed by atoms with E-state index in [1.807, 2.05) is 32.3 Å². The predicted molar refractivity (Wildman–Crippen MR) is 96.9 cm³/mol. The molecule has 3 rings (SSSR count). The van der Waals surface area contributed by atoms with Crippen molar-refractivity contribution in [2.45, 2.75) is 13.8 Å². The summed E-state index contributed by atoms with van der Waals surface area (Å²) in [5.74, 6) is 1.90. The zero-order valence-electron chi connectivity index (χ0n) is 14.3. The fourth-order valence-corrected chi connectivity index (χ4v) is 3.35. The number of fused-ring (bicyclic) bond motifs is 1. The fourth-order valence-electron chi connectivity index (χ4n) is 2.59. The Balaban J connectivity index is 1.65. The lowest BCUT2D eigenvalue weighted by Gasteiger charge is -2.34. The van der Waals surface area contributed by atoms with E-state index in [2.05, 4.69) is 20.2 Å². The minimum absolute atomic E-state index is 0.228. The second-order valence-electron chi connectivity index (χ2n) is 6.21. The third kappa shape index (κ3) is 3.53. The van der Waals surface area contributed by atoms with Gasteiger partial charge in [-0.3, -0.25) is 0 Å². The Morgan fingerprint density at radius 2 is 2.08 bits per heavy atom. The quantitative estimate of drug-likeness (QED) is 0.915. The van der Waals surface area contributed by atoms with E-state index in [1.54, 1.807) is 16.2 Å². The molecule has 1 aliphatic heterocycles. The van der Waals surface area contributed by atoms with E-state index in [-0.39, 0.29) is 6.09 Å². The zero-order valence-corrected chi connectivity index (χ0v) is 15.1. The minimum Gasteiger partial charge on any atom is -0.449 e. The van der Waals surface area contributed by atoms with E-state index >= 15 is 0 Å². The molecule has 8 heteroatoms. The van der Waals surface area contributed by atoms with E-state index in [0.29, 0.717) is 44.7 Å². The van der Waals surface area contributed by atoms with Gasteiger partial charge < -0.3 is 19.9 Å². The number of thiophene rings is 1. The summed E-state index contributed by atoms with van der Waals surface area (Å²) in [6, 6.07) is 2.03. The Morgan fingerprint density at radius 3 is 2.75 bits per heavy atom. The molecule has 1 N–H and O–H groups in total. The van der Waals surface area contributed by atoms with Crippen LogP contribution in [0.4, 0.5) is 16.6 Å². The highest BCUT2D eigenvalue weighted by atomic mass is 32.1. The Hall–Kier alpha value is -2.09. The highest BCUT2D eigenvalue weighted by molar-refractivity contribution is 7.16. The van der Waals surface area contributed by atoms with Crippen LogP contribution in [0.2, 0.25) is 0 Å². The molecule has 0 bridgehead atoms. The first-order chi connectivity index (χ1) is 11.6. The Kier molecular flexibility index (Phi) is 5.03. The molecule has 0 atom stereocenters. The Morgan fingerprint density at radius 1 is 1.33 bits per heavy atom. The number of nitrogens with one attached hydrogen (secondary N) is 1. The summed E-state index contributed by atoms with van der Waals surface area (Å²) < 4.78 is 5.30. The number of piperazine rings is 1. The van der Waals surface area contributed by atoms with Crippen molar-refractivity contribution in [1.29, 1.82) is 0 Å². The van der Waals surface area contributed by atoms with Gasteiger partial charge in [0, 0.05) is 33.2 Å². The van der Waals surface area contributed by atoms with Crippen LogP contribution >= 0.6 is 11.3 Å². The van der Waals surface area contributed by atoms with Crippen LogP contribution in [-0.2, 0) is 4.74 Å². The molecule has 1 saturated heterocycles. The normalized spacial score (nSPS) is 15.2.